The summed E-state index contributed by atoms with van der Waals surface area (Å²) in [7, 11) is 0. The van der Waals surface area contributed by atoms with Crippen LogP contribution in [-0.4, -0.2) is 14.4 Å². The van der Waals surface area contributed by atoms with Crippen molar-refractivity contribution in [1.29, 1.82) is 0 Å². The molecule has 1 nitrogen and oxygen atoms in total. The summed E-state index contributed by atoms with van der Waals surface area (Å²) >= 11 is 0.413. The van der Waals surface area contributed by atoms with Gasteiger partial charge >= 0.3 is 74.9 Å². The van der Waals surface area contributed by atoms with Crippen molar-refractivity contribution >= 4 is 0 Å². The molecule has 0 spiro atoms. The molecule has 0 saturated heterocycles. The first-order chi connectivity index (χ1) is 4.70. The second-order valence-electron chi connectivity index (χ2n) is 2.67. The SMILES string of the molecule is CCC(C)[I-]C(C)CCN. The Balaban J connectivity index is 3.27. The van der Waals surface area contributed by atoms with Crippen LogP contribution in [0.15, 0.2) is 0 Å². The molecule has 0 radical (unpaired) electrons. The van der Waals surface area contributed by atoms with Gasteiger partial charge in [-0.05, 0) is 0 Å². The third-order valence-corrected chi connectivity index (χ3v) is 5.52. The number of hydrogen-bond acceptors (Lipinski definition) is 1. The van der Waals surface area contributed by atoms with Crippen LogP contribution in [0, 0.1) is 0 Å². The number of rotatable bonds is 5. The molecule has 0 aliphatic heterocycles. The first-order valence-corrected chi connectivity index (χ1v) is 6.51. The van der Waals surface area contributed by atoms with Crippen LogP contribution in [0.5, 0.6) is 0 Å². The van der Waals surface area contributed by atoms with Crippen molar-refractivity contribution in [3.05, 3.63) is 0 Å². The van der Waals surface area contributed by atoms with Gasteiger partial charge < -0.3 is 0 Å². The Bertz CT molecular complexity index is 75.7. The van der Waals surface area contributed by atoms with Crippen molar-refractivity contribution in [2.45, 2.75) is 41.5 Å². The Morgan fingerprint density at radius 1 is 1.30 bits per heavy atom. The van der Waals surface area contributed by atoms with Crippen LogP contribution in [0.4, 0.5) is 0 Å². The van der Waals surface area contributed by atoms with Crippen LogP contribution in [0.2, 0.25) is 0 Å². The van der Waals surface area contributed by atoms with Crippen LogP contribution in [0.3, 0.4) is 0 Å². The Morgan fingerprint density at radius 3 is 2.30 bits per heavy atom. The standard InChI is InChI=1S/C8H19IN/c1-4-7(2)9-8(3)5-6-10/h7-8H,4-6,10H2,1-3H3/q-1. The summed E-state index contributed by atoms with van der Waals surface area (Å²) in [5.41, 5.74) is 5.46. The molecule has 2 heteroatoms. The van der Waals surface area contributed by atoms with E-state index in [0.29, 0.717) is 21.2 Å². The molecule has 2 N–H and O–H groups in total. The molecule has 0 aromatic carbocycles. The molecule has 0 heterocycles. The van der Waals surface area contributed by atoms with Crippen LogP contribution < -0.4 is 26.9 Å². The average Bonchev–Trinajstić information content (AvgIpc) is 1.88. The minimum absolute atomic E-state index is 0.413. The van der Waals surface area contributed by atoms with Gasteiger partial charge in [-0.2, -0.15) is 0 Å². The van der Waals surface area contributed by atoms with E-state index in [1.807, 2.05) is 0 Å². The molecule has 0 aromatic rings. The fourth-order valence-electron chi connectivity index (χ4n) is 0.749. The van der Waals surface area contributed by atoms with E-state index in [-0.39, 0.29) is 0 Å². The summed E-state index contributed by atoms with van der Waals surface area (Å²) in [5, 5.41) is 0. The van der Waals surface area contributed by atoms with Gasteiger partial charge in [-0.15, -0.1) is 0 Å². The van der Waals surface area contributed by atoms with E-state index in [4.69, 9.17) is 5.73 Å². The van der Waals surface area contributed by atoms with Gasteiger partial charge in [0.05, 0.1) is 0 Å². The molecule has 2 unspecified atom stereocenters. The van der Waals surface area contributed by atoms with Gasteiger partial charge in [0.15, 0.2) is 0 Å². The predicted molar refractivity (Wildman–Crippen MR) is 42.9 cm³/mol. The second-order valence-corrected chi connectivity index (χ2v) is 7.65. The number of halogens is 1. The Kier molecular flexibility index (Phi) is 6.85. The van der Waals surface area contributed by atoms with E-state index < -0.39 is 0 Å². The molecular formula is C8H19IN-. The molecule has 0 aliphatic rings. The van der Waals surface area contributed by atoms with Crippen LogP contribution in [0.1, 0.15) is 33.6 Å². The van der Waals surface area contributed by atoms with Crippen LogP contribution >= 0.6 is 0 Å². The summed E-state index contributed by atoms with van der Waals surface area (Å²) in [5.74, 6) is 0. The molecule has 10 heavy (non-hydrogen) atoms. The normalized spacial score (nSPS) is 17.2. The average molecular weight is 256 g/mol. The van der Waals surface area contributed by atoms with Crippen molar-refractivity contribution in [2.75, 3.05) is 6.54 Å². The molecule has 2 atom stereocenters. The van der Waals surface area contributed by atoms with Crippen molar-refractivity contribution in [3.8, 4) is 0 Å². The minimum atomic E-state index is 0.413. The van der Waals surface area contributed by atoms with Gasteiger partial charge in [0, 0.05) is 0 Å². The molecule has 0 amide bonds. The summed E-state index contributed by atoms with van der Waals surface area (Å²) < 4.78 is 1.92. The van der Waals surface area contributed by atoms with E-state index in [9.17, 15) is 0 Å². The van der Waals surface area contributed by atoms with Crippen LogP contribution in [0.25, 0.3) is 0 Å². The van der Waals surface area contributed by atoms with Crippen molar-refractivity contribution < 1.29 is 21.2 Å². The molecular weight excluding hydrogens is 237 g/mol. The van der Waals surface area contributed by atoms with E-state index >= 15 is 0 Å². The van der Waals surface area contributed by atoms with Gasteiger partial charge in [-0.1, -0.05) is 0 Å². The van der Waals surface area contributed by atoms with Gasteiger partial charge in [0.25, 0.3) is 0 Å². The van der Waals surface area contributed by atoms with E-state index in [2.05, 4.69) is 20.8 Å². The molecule has 64 valence electrons. The van der Waals surface area contributed by atoms with Crippen LogP contribution in [-0.2, 0) is 0 Å². The van der Waals surface area contributed by atoms with Gasteiger partial charge in [-0.3, -0.25) is 0 Å². The Morgan fingerprint density at radius 2 is 1.90 bits per heavy atom. The van der Waals surface area contributed by atoms with Crippen molar-refractivity contribution in [1.82, 2.24) is 0 Å². The zero-order valence-electron chi connectivity index (χ0n) is 7.23. The third kappa shape index (κ3) is 5.47. The first kappa shape index (κ1) is 10.7. The quantitative estimate of drug-likeness (QED) is 0.476. The zero-order chi connectivity index (χ0) is 7.98. The maximum absolute atomic E-state index is 5.46. The molecule has 0 bridgehead atoms. The Hall–Kier alpha value is 0.690. The number of nitrogens with two attached hydrogens (primary N) is 1. The first-order valence-electron chi connectivity index (χ1n) is 4.02. The maximum atomic E-state index is 5.46. The Labute approximate surface area is 75.0 Å². The third-order valence-electron chi connectivity index (χ3n) is 1.56. The molecule has 0 saturated carbocycles. The van der Waals surface area contributed by atoms with Crippen molar-refractivity contribution in [3.63, 3.8) is 0 Å². The monoisotopic (exact) mass is 256 g/mol. The summed E-state index contributed by atoms with van der Waals surface area (Å²) in [4.78, 5) is 0. The van der Waals surface area contributed by atoms with E-state index in [1.54, 1.807) is 0 Å². The fourth-order valence-corrected chi connectivity index (χ4v) is 4.07. The molecule has 0 rings (SSSR count). The number of alkyl halides is 2. The summed E-state index contributed by atoms with van der Waals surface area (Å²) in [6.45, 7) is 7.85. The van der Waals surface area contributed by atoms with E-state index in [0.717, 1.165) is 14.4 Å². The molecule has 0 aliphatic carbocycles. The van der Waals surface area contributed by atoms with Gasteiger partial charge in [0.1, 0.15) is 0 Å². The molecule has 0 aromatic heterocycles. The van der Waals surface area contributed by atoms with E-state index in [1.165, 1.54) is 12.8 Å². The summed E-state index contributed by atoms with van der Waals surface area (Å²) in [6, 6.07) is 0. The predicted octanol–water partition coefficient (Wildman–Crippen LogP) is -1.39. The summed E-state index contributed by atoms with van der Waals surface area (Å²) in [6.07, 6.45) is 2.58. The van der Waals surface area contributed by atoms with Gasteiger partial charge in [-0.25, -0.2) is 0 Å². The molecule has 0 fully saturated rings. The number of hydrogen-bond donors (Lipinski definition) is 1. The second kappa shape index (κ2) is 6.40. The van der Waals surface area contributed by atoms with Gasteiger partial charge in [0.2, 0.25) is 0 Å². The zero-order valence-corrected chi connectivity index (χ0v) is 9.39. The fraction of sp³-hybridized carbons (Fsp3) is 1.00. The van der Waals surface area contributed by atoms with Crippen molar-refractivity contribution in [2.24, 2.45) is 5.73 Å². The topological polar surface area (TPSA) is 26.0 Å².